The van der Waals surface area contributed by atoms with Crippen molar-refractivity contribution in [3.8, 4) is 0 Å². The predicted octanol–water partition coefficient (Wildman–Crippen LogP) is 3.00. The molecule has 1 aromatic rings. The van der Waals surface area contributed by atoms with Gasteiger partial charge in [-0.3, -0.25) is 4.79 Å². The first kappa shape index (κ1) is 12.2. The molecule has 0 heterocycles. The Bertz CT molecular complexity index is 377. The van der Waals surface area contributed by atoms with E-state index in [9.17, 15) is 9.18 Å². The van der Waals surface area contributed by atoms with Crippen LogP contribution in [-0.4, -0.2) is 12.6 Å². The van der Waals surface area contributed by atoms with Crippen LogP contribution in [0.1, 0.15) is 18.1 Å². The van der Waals surface area contributed by atoms with Crippen molar-refractivity contribution in [2.75, 3.05) is 6.61 Å². The number of esters is 1. The molecule has 0 fully saturated rings. The summed E-state index contributed by atoms with van der Waals surface area (Å²) in [6, 6.07) is 2.96. The summed E-state index contributed by atoms with van der Waals surface area (Å²) in [5, 5.41) is 0. The van der Waals surface area contributed by atoms with Crippen molar-refractivity contribution < 1.29 is 13.9 Å². The second kappa shape index (κ2) is 5.26. The van der Waals surface area contributed by atoms with E-state index in [1.165, 1.54) is 6.07 Å². The van der Waals surface area contributed by atoms with E-state index in [0.29, 0.717) is 12.2 Å². The Balaban J connectivity index is 2.93. The van der Waals surface area contributed by atoms with Gasteiger partial charge in [0.2, 0.25) is 0 Å². The Morgan fingerprint density at radius 1 is 1.53 bits per heavy atom. The average molecular weight is 275 g/mol. The zero-order valence-electron chi connectivity index (χ0n) is 8.64. The lowest BCUT2D eigenvalue weighted by molar-refractivity contribution is -0.142. The van der Waals surface area contributed by atoms with Crippen LogP contribution in [0.4, 0.5) is 4.39 Å². The van der Waals surface area contributed by atoms with Crippen molar-refractivity contribution in [3.05, 3.63) is 33.5 Å². The van der Waals surface area contributed by atoms with Crippen LogP contribution in [0.2, 0.25) is 0 Å². The summed E-state index contributed by atoms with van der Waals surface area (Å²) in [6.45, 7) is 3.80. The first-order chi connectivity index (χ1) is 7.06. The van der Waals surface area contributed by atoms with Gasteiger partial charge in [0.15, 0.2) is 0 Å². The zero-order chi connectivity index (χ0) is 11.4. The monoisotopic (exact) mass is 274 g/mol. The molecule has 0 aromatic heterocycles. The Labute approximate surface area is 96.6 Å². The van der Waals surface area contributed by atoms with Gasteiger partial charge in [-0.1, -0.05) is 15.9 Å². The highest BCUT2D eigenvalue weighted by atomic mass is 79.9. The average Bonchev–Trinajstić information content (AvgIpc) is 2.19. The van der Waals surface area contributed by atoms with E-state index in [1.807, 2.05) is 0 Å². The third-order valence-corrected chi connectivity index (χ3v) is 2.96. The van der Waals surface area contributed by atoms with Crippen molar-refractivity contribution in [2.45, 2.75) is 20.3 Å². The minimum atomic E-state index is -0.405. The Morgan fingerprint density at radius 3 is 2.80 bits per heavy atom. The van der Waals surface area contributed by atoms with Gasteiger partial charge in [-0.2, -0.15) is 0 Å². The first-order valence-electron chi connectivity index (χ1n) is 4.65. The molecule has 0 aliphatic heterocycles. The first-order valence-corrected chi connectivity index (χ1v) is 5.44. The molecule has 0 aliphatic rings. The van der Waals surface area contributed by atoms with Gasteiger partial charge >= 0.3 is 5.97 Å². The Morgan fingerprint density at radius 2 is 2.20 bits per heavy atom. The normalized spacial score (nSPS) is 10.1. The molecule has 0 N–H and O–H groups in total. The fraction of sp³-hybridized carbons (Fsp3) is 0.364. The highest BCUT2D eigenvalue weighted by Gasteiger charge is 2.13. The number of ether oxygens (including phenoxy) is 1. The van der Waals surface area contributed by atoms with Gasteiger partial charge in [0.1, 0.15) is 5.82 Å². The maximum atomic E-state index is 13.4. The van der Waals surface area contributed by atoms with Gasteiger partial charge in [-0.15, -0.1) is 0 Å². The molecule has 0 saturated carbocycles. The van der Waals surface area contributed by atoms with Gasteiger partial charge in [0.25, 0.3) is 0 Å². The van der Waals surface area contributed by atoms with Crippen molar-refractivity contribution in [1.82, 2.24) is 0 Å². The van der Waals surface area contributed by atoms with Crippen LogP contribution in [0.25, 0.3) is 0 Å². The Hall–Kier alpha value is -0.900. The molecule has 4 heteroatoms. The van der Waals surface area contributed by atoms with Crippen LogP contribution in [0, 0.1) is 12.7 Å². The smallest absolute Gasteiger partial charge is 0.310 e. The second-order valence-electron chi connectivity index (χ2n) is 3.11. The number of halogens is 2. The van der Waals surface area contributed by atoms with Crippen LogP contribution in [-0.2, 0) is 16.0 Å². The molecule has 0 saturated heterocycles. The van der Waals surface area contributed by atoms with E-state index in [2.05, 4.69) is 15.9 Å². The zero-order valence-corrected chi connectivity index (χ0v) is 10.2. The van der Waals surface area contributed by atoms with Crippen LogP contribution >= 0.6 is 15.9 Å². The summed E-state index contributed by atoms with van der Waals surface area (Å²) in [5.74, 6) is -0.777. The van der Waals surface area contributed by atoms with Crippen LogP contribution in [0.15, 0.2) is 16.6 Å². The maximum absolute atomic E-state index is 13.4. The van der Waals surface area contributed by atoms with Gasteiger partial charge in [0, 0.05) is 10.0 Å². The lowest BCUT2D eigenvalue weighted by Crippen LogP contribution is -2.10. The second-order valence-corrected chi connectivity index (χ2v) is 3.97. The van der Waals surface area contributed by atoms with E-state index >= 15 is 0 Å². The van der Waals surface area contributed by atoms with Crippen LogP contribution in [0.5, 0.6) is 0 Å². The number of rotatable bonds is 3. The molecule has 0 atom stereocenters. The largest absolute Gasteiger partial charge is 0.466 e. The maximum Gasteiger partial charge on any atom is 0.310 e. The number of benzene rings is 1. The summed E-state index contributed by atoms with van der Waals surface area (Å²) in [4.78, 5) is 11.2. The van der Waals surface area contributed by atoms with Gasteiger partial charge in [-0.25, -0.2) is 4.39 Å². The van der Waals surface area contributed by atoms with E-state index in [-0.39, 0.29) is 12.2 Å². The van der Waals surface area contributed by atoms with Gasteiger partial charge in [-0.05, 0) is 31.5 Å². The van der Waals surface area contributed by atoms with Gasteiger partial charge < -0.3 is 4.74 Å². The molecule has 2 nitrogen and oxygen atoms in total. The van der Waals surface area contributed by atoms with Crippen LogP contribution in [0.3, 0.4) is 0 Å². The van der Waals surface area contributed by atoms with E-state index in [1.54, 1.807) is 19.9 Å². The fourth-order valence-electron chi connectivity index (χ4n) is 1.27. The lowest BCUT2D eigenvalue weighted by Gasteiger charge is -2.08. The van der Waals surface area contributed by atoms with E-state index in [4.69, 9.17) is 4.74 Å². The summed E-state index contributed by atoms with van der Waals surface area (Å²) in [7, 11) is 0. The minimum absolute atomic E-state index is 0.0229. The summed E-state index contributed by atoms with van der Waals surface area (Å²) in [5.41, 5.74) is 1.13. The molecular weight excluding hydrogens is 263 g/mol. The SMILES string of the molecule is CCOC(=O)Cc1c(F)ccc(Br)c1C. The fourth-order valence-corrected chi connectivity index (χ4v) is 1.64. The standard InChI is InChI=1S/C11H12BrFO2/c1-3-15-11(14)6-8-7(2)9(12)4-5-10(8)13/h4-5H,3,6H2,1-2H3. The molecule has 15 heavy (non-hydrogen) atoms. The van der Waals surface area contributed by atoms with Crippen molar-refractivity contribution in [3.63, 3.8) is 0 Å². The highest BCUT2D eigenvalue weighted by Crippen LogP contribution is 2.22. The van der Waals surface area contributed by atoms with Crippen molar-refractivity contribution in [2.24, 2.45) is 0 Å². The molecule has 0 amide bonds. The molecule has 82 valence electrons. The molecular formula is C11H12BrFO2. The van der Waals surface area contributed by atoms with Crippen molar-refractivity contribution >= 4 is 21.9 Å². The summed E-state index contributed by atoms with van der Waals surface area (Å²) < 4.78 is 19.0. The third kappa shape index (κ3) is 3.02. The molecule has 0 spiro atoms. The number of carbonyl (C=O) groups excluding carboxylic acids is 1. The number of hydrogen-bond acceptors (Lipinski definition) is 2. The predicted molar refractivity (Wildman–Crippen MR) is 59.2 cm³/mol. The van der Waals surface area contributed by atoms with Crippen molar-refractivity contribution in [1.29, 1.82) is 0 Å². The summed E-state index contributed by atoms with van der Waals surface area (Å²) in [6.07, 6.45) is -0.0229. The third-order valence-electron chi connectivity index (χ3n) is 2.10. The summed E-state index contributed by atoms with van der Waals surface area (Å²) >= 11 is 3.29. The molecule has 1 aromatic carbocycles. The molecule has 1 rings (SSSR count). The molecule has 0 aliphatic carbocycles. The van der Waals surface area contributed by atoms with E-state index in [0.717, 1.165) is 10.0 Å². The number of hydrogen-bond donors (Lipinski definition) is 0. The topological polar surface area (TPSA) is 26.3 Å². The van der Waals surface area contributed by atoms with Crippen LogP contribution < -0.4 is 0 Å². The minimum Gasteiger partial charge on any atom is -0.466 e. The molecule has 0 unspecified atom stereocenters. The quantitative estimate of drug-likeness (QED) is 0.793. The lowest BCUT2D eigenvalue weighted by atomic mass is 10.1. The molecule has 0 bridgehead atoms. The highest BCUT2D eigenvalue weighted by molar-refractivity contribution is 9.10. The van der Waals surface area contributed by atoms with E-state index < -0.39 is 5.97 Å². The number of carbonyl (C=O) groups is 1. The Kier molecular flexibility index (Phi) is 4.27. The van der Waals surface area contributed by atoms with Gasteiger partial charge in [0.05, 0.1) is 13.0 Å². The molecule has 0 radical (unpaired) electrons.